The highest BCUT2D eigenvalue weighted by molar-refractivity contribution is 6.15. The predicted octanol–water partition coefficient (Wildman–Crippen LogP) is 2.53. The Morgan fingerprint density at radius 3 is 2.44 bits per heavy atom. The van der Waals surface area contributed by atoms with Crippen LogP contribution in [0.5, 0.6) is 0 Å². The molecule has 0 radical (unpaired) electrons. The lowest BCUT2D eigenvalue weighted by molar-refractivity contribution is -0.127. The Morgan fingerprint density at radius 2 is 1.76 bits per heavy atom. The third kappa shape index (κ3) is 3.92. The Labute approximate surface area is 145 Å². The lowest BCUT2D eigenvalue weighted by Gasteiger charge is -2.12. The zero-order valence-corrected chi connectivity index (χ0v) is 13.7. The lowest BCUT2D eigenvalue weighted by Crippen LogP contribution is -2.38. The Bertz CT molecular complexity index is 842. The molecule has 1 saturated heterocycles. The first-order valence-corrected chi connectivity index (χ1v) is 7.79. The molecular formula is C19H17N3O3. The minimum absolute atomic E-state index is 0.152. The number of rotatable bonds is 4. The normalized spacial score (nSPS) is 15.4. The second kappa shape index (κ2) is 7.00. The van der Waals surface area contributed by atoms with Crippen molar-refractivity contribution in [2.75, 3.05) is 11.9 Å². The van der Waals surface area contributed by atoms with Crippen molar-refractivity contribution in [3.63, 3.8) is 0 Å². The largest absolute Gasteiger partial charge is 0.329 e. The van der Waals surface area contributed by atoms with E-state index in [-0.39, 0.29) is 12.2 Å². The van der Waals surface area contributed by atoms with Crippen LogP contribution in [0.4, 0.5) is 10.5 Å². The van der Waals surface area contributed by atoms with Crippen molar-refractivity contribution in [2.24, 2.45) is 0 Å². The molecule has 1 aliphatic heterocycles. The number of nitrogens with zero attached hydrogens (tertiary/aromatic N) is 1. The highest BCUT2D eigenvalue weighted by Gasteiger charge is 2.34. The minimum Gasteiger partial charge on any atom is -0.325 e. The molecule has 2 aromatic rings. The van der Waals surface area contributed by atoms with Gasteiger partial charge in [-0.2, -0.15) is 0 Å². The van der Waals surface area contributed by atoms with Gasteiger partial charge in [0.25, 0.3) is 5.91 Å². The molecule has 6 heteroatoms. The molecule has 0 unspecified atom stereocenters. The van der Waals surface area contributed by atoms with Gasteiger partial charge in [0.2, 0.25) is 5.91 Å². The van der Waals surface area contributed by atoms with Crippen molar-refractivity contribution in [1.29, 1.82) is 0 Å². The molecule has 2 N–H and O–H groups in total. The van der Waals surface area contributed by atoms with Crippen LogP contribution in [0.2, 0.25) is 0 Å². The summed E-state index contributed by atoms with van der Waals surface area (Å²) in [6, 6.07) is 15.8. The van der Waals surface area contributed by atoms with Gasteiger partial charge in [-0.25, -0.2) is 9.69 Å². The van der Waals surface area contributed by atoms with Crippen LogP contribution < -0.4 is 10.6 Å². The lowest BCUT2D eigenvalue weighted by atomic mass is 10.2. The maximum Gasteiger partial charge on any atom is 0.329 e. The van der Waals surface area contributed by atoms with E-state index >= 15 is 0 Å². The minimum atomic E-state index is -0.605. The first-order valence-electron chi connectivity index (χ1n) is 7.79. The van der Waals surface area contributed by atoms with E-state index < -0.39 is 17.8 Å². The van der Waals surface area contributed by atoms with Crippen molar-refractivity contribution >= 4 is 29.6 Å². The SMILES string of the molecule is Cc1ccc(NC(=O)CN2C(=O)N/C(=C/c3ccccc3)C2=O)cc1. The summed E-state index contributed by atoms with van der Waals surface area (Å²) in [5.41, 5.74) is 2.63. The van der Waals surface area contributed by atoms with Crippen LogP contribution in [0.1, 0.15) is 11.1 Å². The number of anilines is 1. The fourth-order valence-electron chi connectivity index (χ4n) is 2.41. The van der Waals surface area contributed by atoms with Gasteiger partial charge in [0.05, 0.1) is 0 Å². The van der Waals surface area contributed by atoms with Crippen LogP contribution in [-0.4, -0.2) is 29.3 Å². The van der Waals surface area contributed by atoms with Crippen LogP contribution in [0.25, 0.3) is 6.08 Å². The Hall–Kier alpha value is -3.41. The molecule has 1 aliphatic rings. The fourth-order valence-corrected chi connectivity index (χ4v) is 2.41. The van der Waals surface area contributed by atoms with E-state index in [1.54, 1.807) is 18.2 Å². The molecule has 0 saturated carbocycles. The van der Waals surface area contributed by atoms with Crippen molar-refractivity contribution in [1.82, 2.24) is 10.2 Å². The quantitative estimate of drug-likeness (QED) is 0.666. The van der Waals surface area contributed by atoms with E-state index in [0.29, 0.717) is 5.69 Å². The van der Waals surface area contributed by atoms with Gasteiger partial charge in [0, 0.05) is 5.69 Å². The molecule has 4 amide bonds. The van der Waals surface area contributed by atoms with Crippen molar-refractivity contribution < 1.29 is 14.4 Å². The summed E-state index contributed by atoms with van der Waals surface area (Å²) in [5, 5.41) is 5.17. The number of benzene rings is 2. The van der Waals surface area contributed by atoms with Crippen LogP contribution in [0.3, 0.4) is 0 Å². The molecule has 6 nitrogen and oxygen atoms in total. The smallest absolute Gasteiger partial charge is 0.325 e. The van der Waals surface area contributed by atoms with Gasteiger partial charge in [0.15, 0.2) is 0 Å². The molecule has 0 atom stereocenters. The molecule has 1 heterocycles. The van der Waals surface area contributed by atoms with E-state index in [1.165, 1.54) is 0 Å². The topological polar surface area (TPSA) is 78.5 Å². The van der Waals surface area contributed by atoms with Crippen LogP contribution in [0.15, 0.2) is 60.3 Å². The summed E-state index contributed by atoms with van der Waals surface area (Å²) in [7, 11) is 0. The third-order valence-electron chi connectivity index (χ3n) is 3.71. The average Bonchev–Trinajstić information content (AvgIpc) is 2.85. The second-order valence-corrected chi connectivity index (χ2v) is 5.70. The highest BCUT2D eigenvalue weighted by Crippen LogP contribution is 2.14. The molecule has 25 heavy (non-hydrogen) atoms. The number of carbonyl (C=O) groups is 3. The van der Waals surface area contributed by atoms with Crippen molar-refractivity contribution in [3.05, 3.63) is 71.4 Å². The Morgan fingerprint density at radius 1 is 1.08 bits per heavy atom. The summed E-state index contributed by atoms with van der Waals surface area (Å²) in [6.45, 7) is 1.60. The molecule has 3 rings (SSSR count). The van der Waals surface area contributed by atoms with Gasteiger partial charge in [-0.15, -0.1) is 0 Å². The van der Waals surface area contributed by atoms with Crippen molar-refractivity contribution in [3.8, 4) is 0 Å². The maximum atomic E-state index is 12.3. The third-order valence-corrected chi connectivity index (χ3v) is 3.71. The number of imide groups is 1. The van der Waals surface area contributed by atoms with Crippen molar-refractivity contribution in [2.45, 2.75) is 6.92 Å². The molecule has 2 aromatic carbocycles. The predicted molar refractivity (Wildman–Crippen MR) is 94.5 cm³/mol. The van der Waals surface area contributed by atoms with E-state index in [2.05, 4.69) is 10.6 Å². The van der Waals surface area contributed by atoms with Crippen LogP contribution >= 0.6 is 0 Å². The first kappa shape index (κ1) is 16.4. The van der Waals surface area contributed by atoms with E-state index in [9.17, 15) is 14.4 Å². The summed E-state index contributed by atoms with van der Waals surface area (Å²) >= 11 is 0. The van der Waals surface area contributed by atoms with E-state index in [0.717, 1.165) is 16.0 Å². The summed E-state index contributed by atoms with van der Waals surface area (Å²) < 4.78 is 0. The van der Waals surface area contributed by atoms with Gasteiger partial charge >= 0.3 is 6.03 Å². The molecule has 0 spiro atoms. The number of carbonyl (C=O) groups excluding carboxylic acids is 3. The van der Waals surface area contributed by atoms with E-state index in [4.69, 9.17) is 0 Å². The van der Waals surface area contributed by atoms with Crippen LogP contribution in [-0.2, 0) is 9.59 Å². The Kier molecular flexibility index (Phi) is 4.61. The summed E-state index contributed by atoms with van der Waals surface area (Å²) in [4.78, 5) is 37.3. The van der Waals surface area contributed by atoms with E-state index in [1.807, 2.05) is 49.4 Å². The molecule has 126 valence electrons. The zero-order valence-electron chi connectivity index (χ0n) is 13.7. The molecular weight excluding hydrogens is 318 g/mol. The van der Waals surface area contributed by atoms with Gasteiger partial charge in [-0.05, 0) is 30.7 Å². The molecule has 0 aromatic heterocycles. The Balaban J connectivity index is 1.67. The first-order chi connectivity index (χ1) is 12.0. The summed E-state index contributed by atoms with van der Waals surface area (Å²) in [6.07, 6.45) is 1.58. The average molecular weight is 335 g/mol. The number of amides is 4. The standard InChI is InChI=1S/C19H17N3O3/c1-13-7-9-15(10-8-13)20-17(23)12-22-18(24)16(21-19(22)25)11-14-5-3-2-4-6-14/h2-11H,12H2,1H3,(H,20,23)(H,21,25)/b16-11+. The number of hydrogen-bond donors (Lipinski definition) is 2. The zero-order chi connectivity index (χ0) is 17.8. The van der Waals surface area contributed by atoms with Gasteiger partial charge in [0.1, 0.15) is 12.2 Å². The number of aryl methyl sites for hydroxylation is 1. The van der Waals surface area contributed by atoms with Gasteiger partial charge in [-0.1, -0.05) is 48.0 Å². The maximum absolute atomic E-state index is 12.3. The number of urea groups is 1. The number of nitrogens with one attached hydrogen (secondary N) is 2. The highest BCUT2D eigenvalue weighted by atomic mass is 16.2. The van der Waals surface area contributed by atoms with Gasteiger partial charge < -0.3 is 10.6 Å². The summed E-state index contributed by atoms with van der Waals surface area (Å²) in [5.74, 6) is -0.957. The molecule has 0 aliphatic carbocycles. The monoisotopic (exact) mass is 335 g/mol. The fraction of sp³-hybridized carbons (Fsp3) is 0.105. The number of hydrogen-bond acceptors (Lipinski definition) is 3. The molecule has 0 bridgehead atoms. The van der Waals surface area contributed by atoms with Crippen LogP contribution in [0, 0.1) is 6.92 Å². The van der Waals surface area contributed by atoms with Gasteiger partial charge in [-0.3, -0.25) is 9.59 Å². The second-order valence-electron chi connectivity index (χ2n) is 5.70. The molecule has 1 fully saturated rings.